The van der Waals surface area contributed by atoms with E-state index in [4.69, 9.17) is 4.74 Å². The number of aryl methyl sites for hydroxylation is 1. The summed E-state index contributed by atoms with van der Waals surface area (Å²) >= 11 is 0. The Morgan fingerprint density at radius 1 is 1.39 bits per heavy atom. The lowest BCUT2D eigenvalue weighted by atomic mass is 10.0. The van der Waals surface area contributed by atoms with E-state index in [0.29, 0.717) is 0 Å². The van der Waals surface area contributed by atoms with Crippen LogP contribution in [0.4, 0.5) is 0 Å². The molecule has 0 aliphatic rings. The first-order chi connectivity index (χ1) is 8.33. The van der Waals surface area contributed by atoms with Crippen LogP contribution in [0.25, 0.3) is 6.08 Å². The van der Waals surface area contributed by atoms with Crippen molar-refractivity contribution in [2.45, 2.75) is 39.9 Å². The Labute approximate surface area is 108 Å². The zero-order valence-corrected chi connectivity index (χ0v) is 11.4. The van der Waals surface area contributed by atoms with Crippen LogP contribution >= 0.6 is 0 Å². The second-order valence-corrected chi connectivity index (χ2v) is 5.17. The summed E-state index contributed by atoms with van der Waals surface area (Å²) in [5, 5.41) is 9.30. The monoisotopic (exact) mass is 248 g/mol. The van der Waals surface area contributed by atoms with Gasteiger partial charge >= 0.3 is 5.97 Å². The SMILES string of the molecule is Cc1cccc(/C=C/C(=O)OC(C)(C)C)c1CO. The molecule has 0 heterocycles. The number of aliphatic hydroxyl groups excluding tert-OH is 1. The van der Waals surface area contributed by atoms with Gasteiger partial charge in [-0.05, 0) is 50.5 Å². The van der Waals surface area contributed by atoms with E-state index in [2.05, 4.69) is 0 Å². The van der Waals surface area contributed by atoms with Crippen LogP contribution in [0.5, 0.6) is 0 Å². The lowest BCUT2D eigenvalue weighted by molar-refractivity contribution is -0.148. The predicted octanol–water partition coefficient (Wildman–Crippen LogP) is 2.84. The van der Waals surface area contributed by atoms with Gasteiger partial charge in [0, 0.05) is 6.08 Å². The third kappa shape index (κ3) is 4.34. The molecule has 0 unspecified atom stereocenters. The fourth-order valence-electron chi connectivity index (χ4n) is 1.59. The number of rotatable bonds is 3. The van der Waals surface area contributed by atoms with Gasteiger partial charge in [-0.1, -0.05) is 18.2 Å². The molecule has 3 heteroatoms. The molecule has 0 saturated carbocycles. The Kier molecular flexibility index (Phi) is 4.68. The summed E-state index contributed by atoms with van der Waals surface area (Å²) in [6, 6.07) is 5.68. The normalized spacial score (nSPS) is 11.8. The highest BCUT2D eigenvalue weighted by atomic mass is 16.6. The maximum absolute atomic E-state index is 11.5. The molecule has 0 bridgehead atoms. The summed E-state index contributed by atoms with van der Waals surface area (Å²) in [7, 11) is 0. The van der Waals surface area contributed by atoms with Crippen molar-refractivity contribution in [1.29, 1.82) is 0 Å². The highest BCUT2D eigenvalue weighted by molar-refractivity contribution is 5.87. The van der Waals surface area contributed by atoms with Gasteiger partial charge in [-0.2, -0.15) is 0 Å². The van der Waals surface area contributed by atoms with E-state index < -0.39 is 5.60 Å². The van der Waals surface area contributed by atoms with E-state index in [0.717, 1.165) is 16.7 Å². The molecule has 0 aromatic heterocycles. The molecule has 0 atom stereocenters. The molecule has 0 spiro atoms. The van der Waals surface area contributed by atoms with Crippen LogP contribution in [0.1, 0.15) is 37.5 Å². The summed E-state index contributed by atoms with van der Waals surface area (Å²) in [4.78, 5) is 11.5. The lowest BCUT2D eigenvalue weighted by Gasteiger charge is -2.18. The third-order valence-corrected chi connectivity index (χ3v) is 2.41. The van der Waals surface area contributed by atoms with Crippen molar-refractivity contribution in [3.63, 3.8) is 0 Å². The quantitative estimate of drug-likeness (QED) is 0.661. The van der Waals surface area contributed by atoms with Crippen LogP contribution in [0.2, 0.25) is 0 Å². The molecule has 0 aliphatic carbocycles. The molecular weight excluding hydrogens is 228 g/mol. The highest BCUT2D eigenvalue weighted by Gasteiger charge is 2.14. The van der Waals surface area contributed by atoms with Crippen LogP contribution in [-0.4, -0.2) is 16.7 Å². The number of esters is 1. The van der Waals surface area contributed by atoms with Gasteiger partial charge in [-0.15, -0.1) is 0 Å². The Morgan fingerprint density at radius 2 is 2.06 bits per heavy atom. The minimum Gasteiger partial charge on any atom is -0.457 e. The van der Waals surface area contributed by atoms with Crippen LogP contribution in [0.15, 0.2) is 24.3 Å². The average Bonchev–Trinajstić information content (AvgIpc) is 2.24. The highest BCUT2D eigenvalue weighted by Crippen LogP contribution is 2.16. The molecule has 1 aromatic rings. The van der Waals surface area contributed by atoms with Crippen molar-refractivity contribution < 1.29 is 14.6 Å². The van der Waals surface area contributed by atoms with Gasteiger partial charge in [0.15, 0.2) is 0 Å². The number of carbonyl (C=O) groups is 1. The van der Waals surface area contributed by atoms with E-state index in [-0.39, 0.29) is 12.6 Å². The minimum absolute atomic E-state index is 0.0410. The summed E-state index contributed by atoms with van der Waals surface area (Å²) in [6.45, 7) is 7.36. The van der Waals surface area contributed by atoms with Gasteiger partial charge < -0.3 is 9.84 Å². The number of hydrogen-bond donors (Lipinski definition) is 1. The molecule has 98 valence electrons. The molecule has 0 aliphatic heterocycles. The van der Waals surface area contributed by atoms with Gasteiger partial charge in [0.2, 0.25) is 0 Å². The number of carbonyl (C=O) groups excluding carboxylic acids is 1. The van der Waals surface area contributed by atoms with Gasteiger partial charge in [0.1, 0.15) is 5.60 Å². The first-order valence-corrected chi connectivity index (χ1v) is 5.94. The second kappa shape index (κ2) is 5.83. The molecule has 18 heavy (non-hydrogen) atoms. The lowest BCUT2D eigenvalue weighted by Crippen LogP contribution is -2.22. The Balaban J connectivity index is 2.85. The van der Waals surface area contributed by atoms with E-state index in [9.17, 15) is 9.90 Å². The zero-order chi connectivity index (χ0) is 13.8. The summed E-state index contributed by atoms with van der Waals surface area (Å²) in [5.41, 5.74) is 2.18. The van der Waals surface area contributed by atoms with Gasteiger partial charge in [0.05, 0.1) is 6.61 Å². The van der Waals surface area contributed by atoms with Crippen molar-refractivity contribution in [2.75, 3.05) is 0 Å². The van der Waals surface area contributed by atoms with Gasteiger partial charge in [0.25, 0.3) is 0 Å². The molecule has 1 N–H and O–H groups in total. The average molecular weight is 248 g/mol. The number of hydrogen-bond acceptors (Lipinski definition) is 3. The van der Waals surface area contributed by atoms with Crippen LogP contribution in [0, 0.1) is 6.92 Å². The molecule has 1 rings (SSSR count). The Morgan fingerprint density at radius 3 is 2.61 bits per heavy atom. The van der Waals surface area contributed by atoms with Crippen LogP contribution in [0.3, 0.4) is 0 Å². The molecule has 0 saturated heterocycles. The predicted molar refractivity (Wildman–Crippen MR) is 72.0 cm³/mol. The van der Waals surface area contributed by atoms with Crippen molar-refractivity contribution in [1.82, 2.24) is 0 Å². The van der Waals surface area contributed by atoms with E-state index in [1.807, 2.05) is 45.9 Å². The fourth-order valence-corrected chi connectivity index (χ4v) is 1.59. The van der Waals surface area contributed by atoms with Crippen molar-refractivity contribution in [3.05, 3.63) is 41.0 Å². The largest absolute Gasteiger partial charge is 0.457 e. The van der Waals surface area contributed by atoms with E-state index in [1.54, 1.807) is 6.08 Å². The maximum Gasteiger partial charge on any atom is 0.331 e. The van der Waals surface area contributed by atoms with Crippen LogP contribution in [-0.2, 0) is 16.1 Å². The van der Waals surface area contributed by atoms with Crippen molar-refractivity contribution >= 4 is 12.0 Å². The molecule has 0 amide bonds. The fraction of sp³-hybridized carbons (Fsp3) is 0.400. The first-order valence-electron chi connectivity index (χ1n) is 5.94. The number of ether oxygens (including phenoxy) is 1. The first kappa shape index (κ1) is 14.5. The summed E-state index contributed by atoms with van der Waals surface area (Å²) in [5.74, 6) is -0.382. The standard InChI is InChI=1S/C15H20O3/c1-11-6-5-7-12(13(11)10-16)8-9-14(17)18-15(2,3)4/h5-9,16H,10H2,1-4H3/b9-8+. The summed E-state index contributed by atoms with van der Waals surface area (Å²) in [6.07, 6.45) is 3.06. The molecule has 1 aromatic carbocycles. The Bertz CT molecular complexity index is 453. The molecule has 0 fully saturated rings. The van der Waals surface area contributed by atoms with Crippen molar-refractivity contribution in [3.8, 4) is 0 Å². The van der Waals surface area contributed by atoms with E-state index >= 15 is 0 Å². The van der Waals surface area contributed by atoms with Crippen LogP contribution < -0.4 is 0 Å². The molecule has 0 radical (unpaired) electrons. The number of benzene rings is 1. The van der Waals surface area contributed by atoms with Crippen molar-refractivity contribution in [2.24, 2.45) is 0 Å². The van der Waals surface area contributed by atoms with E-state index in [1.165, 1.54) is 6.08 Å². The minimum atomic E-state index is -0.492. The number of aliphatic hydroxyl groups is 1. The molecular formula is C15H20O3. The second-order valence-electron chi connectivity index (χ2n) is 5.17. The maximum atomic E-state index is 11.5. The summed E-state index contributed by atoms with van der Waals surface area (Å²) < 4.78 is 5.17. The topological polar surface area (TPSA) is 46.5 Å². The third-order valence-electron chi connectivity index (χ3n) is 2.41. The van der Waals surface area contributed by atoms with Gasteiger partial charge in [-0.3, -0.25) is 0 Å². The molecule has 3 nitrogen and oxygen atoms in total. The smallest absolute Gasteiger partial charge is 0.331 e. The zero-order valence-electron chi connectivity index (χ0n) is 11.4. The van der Waals surface area contributed by atoms with Gasteiger partial charge in [-0.25, -0.2) is 4.79 Å². The Hall–Kier alpha value is -1.61.